The molecule has 3 atom stereocenters. The Morgan fingerprint density at radius 3 is 2.56 bits per heavy atom. The monoisotopic (exact) mass is 345 g/mol. The summed E-state index contributed by atoms with van der Waals surface area (Å²) in [6.45, 7) is 8.17. The molecule has 136 valence electrons. The first-order valence-corrected chi connectivity index (χ1v) is 9.05. The number of carbonyl (C=O) groups is 2. The van der Waals surface area contributed by atoms with Gasteiger partial charge in [-0.15, -0.1) is 0 Å². The van der Waals surface area contributed by atoms with Crippen LogP contribution in [-0.2, 0) is 14.3 Å². The van der Waals surface area contributed by atoms with Crippen LogP contribution in [-0.4, -0.2) is 54.6 Å². The Bertz CT molecular complexity index is 639. The molecule has 25 heavy (non-hydrogen) atoms. The van der Waals surface area contributed by atoms with Crippen LogP contribution in [0.5, 0.6) is 0 Å². The third kappa shape index (κ3) is 4.02. The lowest BCUT2D eigenvalue weighted by molar-refractivity contribution is -0.127. The van der Waals surface area contributed by atoms with Crippen molar-refractivity contribution in [2.24, 2.45) is 0 Å². The van der Waals surface area contributed by atoms with Crippen LogP contribution < -0.4 is 10.2 Å². The number of rotatable bonds is 4. The fourth-order valence-electron chi connectivity index (χ4n) is 3.65. The van der Waals surface area contributed by atoms with Crippen LogP contribution in [0.15, 0.2) is 24.3 Å². The third-order valence-electron chi connectivity index (χ3n) is 4.90. The molecule has 0 saturated carbocycles. The second kappa shape index (κ2) is 7.54. The zero-order chi connectivity index (χ0) is 18.0. The summed E-state index contributed by atoms with van der Waals surface area (Å²) >= 11 is 0. The Morgan fingerprint density at radius 2 is 1.92 bits per heavy atom. The van der Waals surface area contributed by atoms with Gasteiger partial charge in [0.15, 0.2) is 0 Å². The van der Waals surface area contributed by atoms with Gasteiger partial charge in [0.05, 0.1) is 29.6 Å². The summed E-state index contributed by atoms with van der Waals surface area (Å²) in [6.07, 6.45) is 1.67. The molecule has 2 heterocycles. The van der Waals surface area contributed by atoms with E-state index in [0.29, 0.717) is 18.7 Å². The van der Waals surface area contributed by atoms with Gasteiger partial charge in [-0.2, -0.15) is 0 Å². The second-order valence-electron chi connectivity index (χ2n) is 7.04. The standard InChI is InChI=1S/C19H27N3O3/c1-13-11-21(12-14(2)25-13)15(3)19(24)20-16-7-4-5-8-17(16)22-10-6-9-18(22)23/h4-5,7-8,13-15H,6,9-12H2,1-3H3,(H,20,24)/t13-,14+,15-/m0/s1. The summed E-state index contributed by atoms with van der Waals surface area (Å²) in [4.78, 5) is 28.7. The van der Waals surface area contributed by atoms with Gasteiger partial charge >= 0.3 is 0 Å². The van der Waals surface area contributed by atoms with Crippen molar-refractivity contribution in [3.63, 3.8) is 0 Å². The first-order valence-electron chi connectivity index (χ1n) is 9.05. The first kappa shape index (κ1) is 17.9. The quantitative estimate of drug-likeness (QED) is 0.909. The molecule has 1 aromatic rings. The second-order valence-corrected chi connectivity index (χ2v) is 7.04. The van der Waals surface area contributed by atoms with Gasteiger partial charge in [0, 0.05) is 26.1 Å². The van der Waals surface area contributed by atoms with E-state index in [1.165, 1.54) is 0 Å². The minimum Gasteiger partial charge on any atom is -0.373 e. The maximum absolute atomic E-state index is 12.8. The van der Waals surface area contributed by atoms with Gasteiger partial charge < -0.3 is 15.0 Å². The lowest BCUT2D eigenvalue weighted by Crippen LogP contribution is -2.52. The van der Waals surface area contributed by atoms with E-state index in [4.69, 9.17) is 4.74 Å². The van der Waals surface area contributed by atoms with Crippen LogP contribution >= 0.6 is 0 Å². The Labute approximate surface area is 149 Å². The number of hydrogen-bond acceptors (Lipinski definition) is 4. The van der Waals surface area contributed by atoms with Crippen molar-refractivity contribution in [1.82, 2.24) is 4.90 Å². The van der Waals surface area contributed by atoms with E-state index >= 15 is 0 Å². The maximum atomic E-state index is 12.8. The number of morpholine rings is 1. The van der Waals surface area contributed by atoms with Crippen LogP contribution in [0.1, 0.15) is 33.6 Å². The molecule has 6 nitrogen and oxygen atoms in total. The average Bonchev–Trinajstić information content (AvgIpc) is 2.99. The Balaban J connectivity index is 1.71. The normalized spacial score (nSPS) is 25.9. The molecule has 0 spiro atoms. The number of para-hydroxylation sites is 2. The number of carbonyl (C=O) groups excluding carboxylic acids is 2. The Morgan fingerprint density at radius 1 is 1.24 bits per heavy atom. The van der Waals surface area contributed by atoms with Gasteiger partial charge in [-0.25, -0.2) is 0 Å². The van der Waals surface area contributed by atoms with E-state index in [9.17, 15) is 9.59 Å². The fraction of sp³-hybridized carbons (Fsp3) is 0.579. The number of hydrogen-bond donors (Lipinski definition) is 1. The molecule has 0 aliphatic carbocycles. The zero-order valence-corrected chi connectivity index (χ0v) is 15.2. The van der Waals surface area contributed by atoms with Crippen LogP contribution in [0, 0.1) is 0 Å². The summed E-state index contributed by atoms with van der Waals surface area (Å²) in [7, 11) is 0. The number of nitrogens with one attached hydrogen (secondary N) is 1. The molecule has 1 aromatic carbocycles. The molecule has 0 radical (unpaired) electrons. The van der Waals surface area contributed by atoms with E-state index < -0.39 is 0 Å². The molecule has 3 rings (SSSR count). The van der Waals surface area contributed by atoms with Gasteiger partial charge in [0.2, 0.25) is 11.8 Å². The highest BCUT2D eigenvalue weighted by Crippen LogP contribution is 2.29. The highest BCUT2D eigenvalue weighted by molar-refractivity contribution is 6.03. The molecule has 2 aliphatic heterocycles. The number of benzene rings is 1. The molecular weight excluding hydrogens is 318 g/mol. The minimum absolute atomic E-state index is 0.0552. The van der Waals surface area contributed by atoms with Crippen molar-refractivity contribution in [3.05, 3.63) is 24.3 Å². The van der Waals surface area contributed by atoms with Gasteiger partial charge in [-0.1, -0.05) is 12.1 Å². The number of ether oxygens (including phenoxy) is 1. The topological polar surface area (TPSA) is 61.9 Å². The smallest absolute Gasteiger partial charge is 0.241 e. The first-order chi connectivity index (χ1) is 12.0. The molecule has 2 amide bonds. The molecule has 6 heteroatoms. The van der Waals surface area contributed by atoms with Crippen molar-refractivity contribution >= 4 is 23.2 Å². The van der Waals surface area contributed by atoms with Gasteiger partial charge in [0.1, 0.15) is 0 Å². The molecule has 0 aromatic heterocycles. The fourth-order valence-corrected chi connectivity index (χ4v) is 3.65. The van der Waals surface area contributed by atoms with Crippen molar-refractivity contribution < 1.29 is 14.3 Å². The van der Waals surface area contributed by atoms with Gasteiger partial charge in [-0.05, 0) is 39.3 Å². The van der Waals surface area contributed by atoms with Crippen molar-refractivity contribution in [3.8, 4) is 0 Å². The van der Waals surface area contributed by atoms with Gasteiger partial charge in [0.25, 0.3) is 0 Å². The molecule has 2 aliphatic rings. The summed E-state index contributed by atoms with van der Waals surface area (Å²) in [5, 5.41) is 3.02. The summed E-state index contributed by atoms with van der Waals surface area (Å²) < 4.78 is 5.75. The lowest BCUT2D eigenvalue weighted by Gasteiger charge is -2.38. The largest absolute Gasteiger partial charge is 0.373 e. The van der Waals surface area contributed by atoms with E-state index in [1.54, 1.807) is 4.90 Å². The van der Waals surface area contributed by atoms with Crippen molar-refractivity contribution in [2.45, 2.75) is 51.9 Å². The van der Waals surface area contributed by atoms with Gasteiger partial charge in [-0.3, -0.25) is 14.5 Å². The Kier molecular flexibility index (Phi) is 5.39. The van der Waals surface area contributed by atoms with Crippen LogP contribution in [0.25, 0.3) is 0 Å². The van der Waals surface area contributed by atoms with Crippen LogP contribution in [0.3, 0.4) is 0 Å². The molecule has 2 saturated heterocycles. The number of anilines is 2. The summed E-state index contributed by atoms with van der Waals surface area (Å²) in [5.41, 5.74) is 1.48. The van der Waals surface area contributed by atoms with E-state index in [2.05, 4.69) is 10.2 Å². The van der Waals surface area contributed by atoms with E-state index in [-0.39, 0.29) is 30.1 Å². The van der Waals surface area contributed by atoms with Crippen molar-refractivity contribution in [1.29, 1.82) is 0 Å². The highest BCUT2D eigenvalue weighted by atomic mass is 16.5. The van der Waals surface area contributed by atoms with Crippen LogP contribution in [0.2, 0.25) is 0 Å². The molecule has 1 N–H and O–H groups in total. The predicted octanol–water partition coefficient (Wildman–Crippen LogP) is 2.25. The SMILES string of the molecule is C[C@@H]1CN([C@@H](C)C(=O)Nc2ccccc2N2CCCC2=O)C[C@H](C)O1. The summed E-state index contributed by atoms with van der Waals surface area (Å²) in [5.74, 6) is 0.0611. The predicted molar refractivity (Wildman–Crippen MR) is 97.7 cm³/mol. The van der Waals surface area contributed by atoms with Crippen molar-refractivity contribution in [2.75, 3.05) is 29.9 Å². The maximum Gasteiger partial charge on any atom is 0.241 e. The minimum atomic E-state index is -0.254. The highest BCUT2D eigenvalue weighted by Gasteiger charge is 2.30. The molecule has 0 bridgehead atoms. The molecule has 0 unspecified atom stereocenters. The zero-order valence-electron chi connectivity index (χ0n) is 15.2. The lowest BCUT2D eigenvalue weighted by atomic mass is 10.1. The third-order valence-corrected chi connectivity index (χ3v) is 4.90. The number of nitrogens with zero attached hydrogens (tertiary/aromatic N) is 2. The molecule has 2 fully saturated rings. The summed E-state index contributed by atoms with van der Waals surface area (Å²) in [6, 6.07) is 7.27. The molecular formula is C19H27N3O3. The van der Waals surface area contributed by atoms with Crippen LogP contribution in [0.4, 0.5) is 11.4 Å². The number of amides is 2. The average molecular weight is 345 g/mol. The van der Waals surface area contributed by atoms with E-state index in [0.717, 1.165) is 25.2 Å². The van der Waals surface area contributed by atoms with E-state index in [1.807, 2.05) is 45.0 Å². The Hall–Kier alpha value is -1.92.